The van der Waals surface area contributed by atoms with E-state index < -0.39 is 0 Å². The van der Waals surface area contributed by atoms with Crippen molar-refractivity contribution in [2.75, 3.05) is 12.3 Å². The lowest BCUT2D eigenvalue weighted by Gasteiger charge is -2.07. The lowest BCUT2D eigenvalue weighted by Crippen LogP contribution is -2.28. The summed E-state index contributed by atoms with van der Waals surface area (Å²) < 4.78 is 1.92. The van der Waals surface area contributed by atoms with Gasteiger partial charge >= 0.3 is 0 Å². The third kappa shape index (κ3) is 2.83. The van der Waals surface area contributed by atoms with Crippen molar-refractivity contribution < 1.29 is 4.79 Å². The van der Waals surface area contributed by atoms with Gasteiger partial charge in [0, 0.05) is 18.4 Å². The van der Waals surface area contributed by atoms with Gasteiger partial charge in [-0.1, -0.05) is 19.4 Å². The molecule has 0 saturated heterocycles. The standard InChI is InChI=1S/C14H19N3O/c1-2-3-7-16-14(18)10-17-8-6-11-4-5-12(15)9-13(11)17/h4-6,8-9H,2-3,7,10,15H2,1H3,(H,16,18). The van der Waals surface area contributed by atoms with Gasteiger partial charge in [0.2, 0.25) is 5.91 Å². The van der Waals surface area contributed by atoms with Crippen molar-refractivity contribution >= 4 is 22.5 Å². The number of hydrogen-bond acceptors (Lipinski definition) is 2. The first-order valence-electron chi connectivity index (χ1n) is 6.32. The summed E-state index contributed by atoms with van der Waals surface area (Å²) in [6, 6.07) is 7.73. The van der Waals surface area contributed by atoms with E-state index in [2.05, 4.69) is 12.2 Å². The van der Waals surface area contributed by atoms with Crippen molar-refractivity contribution in [1.82, 2.24) is 9.88 Å². The molecule has 2 rings (SSSR count). The molecule has 0 bridgehead atoms. The van der Waals surface area contributed by atoms with Crippen LogP contribution in [0.15, 0.2) is 30.5 Å². The normalized spacial score (nSPS) is 10.7. The molecule has 0 spiro atoms. The van der Waals surface area contributed by atoms with Gasteiger partial charge in [-0.3, -0.25) is 4.79 Å². The fourth-order valence-corrected chi connectivity index (χ4v) is 1.95. The Labute approximate surface area is 107 Å². The topological polar surface area (TPSA) is 60.0 Å². The average Bonchev–Trinajstić information content (AvgIpc) is 2.72. The van der Waals surface area contributed by atoms with E-state index in [4.69, 9.17) is 5.73 Å². The van der Waals surface area contributed by atoms with E-state index in [0.717, 1.165) is 30.3 Å². The van der Waals surface area contributed by atoms with Crippen LogP contribution in [0.5, 0.6) is 0 Å². The second kappa shape index (κ2) is 5.58. The Balaban J connectivity index is 2.07. The molecule has 1 aromatic heterocycles. The Kier molecular flexibility index (Phi) is 3.87. The fourth-order valence-electron chi connectivity index (χ4n) is 1.95. The molecular formula is C14H19N3O. The summed E-state index contributed by atoms with van der Waals surface area (Å²) in [6.45, 7) is 3.20. The number of nitrogen functional groups attached to an aromatic ring is 1. The maximum atomic E-state index is 11.8. The van der Waals surface area contributed by atoms with E-state index in [1.165, 1.54) is 0 Å². The van der Waals surface area contributed by atoms with Crippen LogP contribution in [-0.4, -0.2) is 17.0 Å². The van der Waals surface area contributed by atoms with Crippen LogP contribution in [0.2, 0.25) is 0 Å². The van der Waals surface area contributed by atoms with Gasteiger partial charge < -0.3 is 15.6 Å². The lowest BCUT2D eigenvalue weighted by molar-refractivity contribution is -0.121. The number of rotatable bonds is 5. The summed E-state index contributed by atoms with van der Waals surface area (Å²) in [4.78, 5) is 11.8. The summed E-state index contributed by atoms with van der Waals surface area (Å²) in [5.41, 5.74) is 7.48. The zero-order chi connectivity index (χ0) is 13.0. The number of anilines is 1. The van der Waals surface area contributed by atoms with Gasteiger partial charge in [-0.25, -0.2) is 0 Å². The smallest absolute Gasteiger partial charge is 0.239 e. The van der Waals surface area contributed by atoms with E-state index in [9.17, 15) is 4.79 Å². The molecule has 1 aromatic carbocycles. The van der Waals surface area contributed by atoms with Crippen molar-refractivity contribution in [2.24, 2.45) is 0 Å². The maximum absolute atomic E-state index is 11.8. The summed E-state index contributed by atoms with van der Waals surface area (Å²) in [7, 11) is 0. The van der Waals surface area contributed by atoms with Crippen LogP contribution in [0.3, 0.4) is 0 Å². The molecule has 0 aliphatic rings. The molecule has 2 aromatic rings. The highest BCUT2D eigenvalue weighted by Crippen LogP contribution is 2.18. The molecule has 1 amide bonds. The van der Waals surface area contributed by atoms with Gasteiger partial charge in [-0.2, -0.15) is 0 Å². The minimum absolute atomic E-state index is 0.0448. The molecule has 0 unspecified atom stereocenters. The summed E-state index contributed by atoms with van der Waals surface area (Å²) in [5.74, 6) is 0.0448. The molecule has 18 heavy (non-hydrogen) atoms. The zero-order valence-corrected chi connectivity index (χ0v) is 10.6. The molecule has 3 N–H and O–H groups in total. The minimum Gasteiger partial charge on any atom is -0.399 e. The summed E-state index contributed by atoms with van der Waals surface area (Å²) in [6.07, 6.45) is 4.03. The Hall–Kier alpha value is -1.97. The minimum atomic E-state index is 0.0448. The summed E-state index contributed by atoms with van der Waals surface area (Å²) >= 11 is 0. The first-order valence-corrected chi connectivity index (χ1v) is 6.32. The number of carbonyl (C=O) groups is 1. The second-order valence-electron chi connectivity index (χ2n) is 4.47. The van der Waals surface area contributed by atoms with Crippen molar-refractivity contribution in [3.8, 4) is 0 Å². The van der Waals surface area contributed by atoms with Crippen LogP contribution in [0.4, 0.5) is 5.69 Å². The number of hydrogen-bond donors (Lipinski definition) is 2. The predicted molar refractivity (Wildman–Crippen MR) is 74.3 cm³/mol. The molecule has 4 heteroatoms. The molecule has 1 heterocycles. The molecule has 0 saturated carbocycles. The Morgan fingerprint density at radius 1 is 1.39 bits per heavy atom. The van der Waals surface area contributed by atoms with Crippen LogP contribution in [0, 0.1) is 0 Å². The highest BCUT2D eigenvalue weighted by atomic mass is 16.1. The van der Waals surface area contributed by atoms with Crippen LogP contribution in [-0.2, 0) is 11.3 Å². The van der Waals surface area contributed by atoms with Gasteiger partial charge in [-0.15, -0.1) is 0 Å². The molecule has 4 nitrogen and oxygen atoms in total. The molecule has 0 aliphatic carbocycles. The predicted octanol–water partition coefficient (Wildman–Crippen LogP) is 2.14. The van der Waals surface area contributed by atoms with Crippen LogP contribution in [0.1, 0.15) is 19.8 Å². The van der Waals surface area contributed by atoms with Crippen LogP contribution in [0.25, 0.3) is 10.9 Å². The second-order valence-corrected chi connectivity index (χ2v) is 4.47. The average molecular weight is 245 g/mol. The van der Waals surface area contributed by atoms with Crippen molar-refractivity contribution in [2.45, 2.75) is 26.3 Å². The largest absolute Gasteiger partial charge is 0.399 e. The monoisotopic (exact) mass is 245 g/mol. The van der Waals surface area contributed by atoms with Gasteiger partial charge in [0.1, 0.15) is 6.54 Å². The number of amides is 1. The zero-order valence-electron chi connectivity index (χ0n) is 10.6. The Bertz CT molecular complexity index is 545. The number of fused-ring (bicyclic) bond motifs is 1. The first kappa shape index (κ1) is 12.5. The van der Waals surface area contributed by atoms with E-state index in [-0.39, 0.29) is 5.91 Å². The number of benzene rings is 1. The number of nitrogens with zero attached hydrogens (tertiary/aromatic N) is 1. The van der Waals surface area contributed by atoms with E-state index in [0.29, 0.717) is 12.2 Å². The highest BCUT2D eigenvalue weighted by Gasteiger charge is 2.05. The number of unbranched alkanes of at least 4 members (excludes halogenated alkanes) is 1. The fraction of sp³-hybridized carbons (Fsp3) is 0.357. The van der Waals surface area contributed by atoms with Gasteiger partial charge in [0.05, 0.1) is 5.52 Å². The molecular weight excluding hydrogens is 226 g/mol. The van der Waals surface area contributed by atoms with Crippen molar-refractivity contribution in [3.63, 3.8) is 0 Å². The number of nitrogens with one attached hydrogen (secondary N) is 1. The molecule has 96 valence electrons. The lowest BCUT2D eigenvalue weighted by atomic mass is 10.2. The number of aromatic nitrogens is 1. The third-order valence-electron chi connectivity index (χ3n) is 2.96. The van der Waals surface area contributed by atoms with Gasteiger partial charge in [0.25, 0.3) is 0 Å². The molecule has 0 atom stereocenters. The molecule has 0 radical (unpaired) electrons. The highest BCUT2D eigenvalue weighted by molar-refractivity contribution is 5.85. The Morgan fingerprint density at radius 2 is 2.22 bits per heavy atom. The van der Waals surface area contributed by atoms with Crippen LogP contribution >= 0.6 is 0 Å². The number of nitrogens with two attached hydrogens (primary N) is 1. The van der Waals surface area contributed by atoms with Gasteiger partial charge in [0.15, 0.2) is 0 Å². The summed E-state index contributed by atoms with van der Waals surface area (Å²) in [5, 5.41) is 4.01. The molecule has 0 aliphatic heterocycles. The quantitative estimate of drug-likeness (QED) is 0.626. The maximum Gasteiger partial charge on any atom is 0.239 e. The number of carbonyl (C=O) groups excluding carboxylic acids is 1. The first-order chi connectivity index (χ1) is 8.70. The van der Waals surface area contributed by atoms with Crippen molar-refractivity contribution in [3.05, 3.63) is 30.5 Å². The molecule has 0 fully saturated rings. The van der Waals surface area contributed by atoms with E-state index in [1.807, 2.05) is 35.0 Å². The van der Waals surface area contributed by atoms with E-state index in [1.54, 1.807) is 0 Å². The van der Waals surface area contributed by atoms with E-state index >= 15 is 0 Å². The van der Waals surface area contributed by atoms with Crippen LogP contribution < -0.4 is 11.1 Å². The van der Waals surface area contributed by atoms with Crippen molar-refractivity contribution in [1.29, 1.82) is 0 Å². The van der Waals surface area contributed by atoms with Gasteiger partial charge in [-0.05, 0) is 30.0 Å². The Morgan fingerprint density at radius 3 is 3.00 bits per heavy atom. The third-order valence-corrected chi connectivity index (χ3v) is 2.96. The SMILES string of the molecule is CCCCNC(=O)Cn1ccc2ccc(N)cc21.